The lowest BCUT2D eigenvalue weighted by atomic mass is 10.3. The first-order chi connectivity index (χ1) is 9.10. The molecule has 5 heteroatoms. The molecule has 0 aromatic carbocycles. The second-order valence-electron chi connectivity index (χ2n) is 5.12. The Labute approximate surface area is 114 Å². The molecule has 0 saturated carbocycles. The molecular weight excluding hydrogens is 238 g/mol. The van der Waals surface area contributed by atoms with Crippen LogP contribution in [0.15, 0.2) is 18.6 Å². The van der Waals surface area contributed by atoms with Gasteiger partial charge in [-0.15, -0.1) is 0 Å². The van der Waals surface area contributed by atoms with E-state index in [0.717, 1.165) is 25.5 Å². The third-order valence-corrected chi connectivity index (χ3v) is 3.18. The van der Waals surface area contributed by atoms with Crippen LogP contribution < -0.4 is 5.32 Å². The van der Waals surface area contributed by atoms with Crippen molar-refractivity contribution >= 4 is 0 Å². The molecule has 0 fully saturated rings. The molecule has 0 radical (unpaired) electrons. The van der Waals surface area contributed by atoms with Crippen LogP contribution >= 0.6 is 0 Å². The minimum absolute atomic E-state index is 0.478. The highest BCUT2D eigenvalue weighted by Crippen LogP contribution is 2.09. The quantitative estimate of drug-likeness (QED) is 0.864. The fourth-order valence-electron chi connectivity index (χ4n) is 2.02. The largest absolute Gasteiger partial charge is 0.326 e. The van der Waals surface area contributed by atoms with Crippen molar-refractivity contribution in [3.05, 3.63) is 35.7 Å². The Hall–Kier alpha value is -1.62. The Kier molecular flexibility index (Phi) is 4.37. The summed E-state index contributed by atoms with van der Waals surface area (Å²) in [6.07, 6.45) is 5.98. The molecule has 2 rings (SSSR count). The van der Waals surface area contributed by atoms with Gasteiger partial charge in [0.25, 0.3) is 0 Å². The minimum Gasteiger partial charge on any atom is -0.326 e. The van der Waals surface area contributed by atoms with Crippen LogP contribution in [0.4, 0.5) is 0 Å². The molecule has 0 aliphatic heterocycles. The van der Waals surface area contributed by atoms with E-state index in [2.05, 4.69) is 46.9 Å². The summed E-state index contributed by atoms with van der Waals surface area (Å²) < 4.78 is 4.19. The molecule has 2 aromatic heterocycles. The summed E-state index contributed by atoms with van der Waals surface area (Å²) in [5.74, 6) is 1.05. The number of nitrogens with zero attached hydrogens (tertiary/aromatic N) is 4. The van der Waals surface area contributed by atoms with Crippen LogP contribution in [0, 0.1) is 6.92 Å². The lowest BCUT2D eigenvalue weighted by Crippen LogP contribution is -2.23. The van der Waals surface area contributed by atoms with E-state index in [-0.39, 0.29) is 0 Å². The Morgan fingerprint density at radius 1 is 1.32 bits per heavy atom. The molecule has 0 aliphatic carbocycles. The average molecular weight is 261 g/mol. The van der Waals surface area contributed by atoms with Crippen molar-refractivity contribution in [2.45, 2.75) is 53.4 Å². The summed E-state index contributed by atoms with van der Waals surface area (Å²) in [5, 5.41) is 7.75. The van der Waals surface area contributed by atoms with Crippen molar-refractivity contribution < 1.29 is 0 Å². The van der Waals surface area contributed by atoms with Crippen molar-refractivity contribution in [1.29, 1.82) is 0 Å². The molecule has 104 valence electrons. The molecule has 0 atom stereocenters. The van der Waals surface area contributed by atoms with Gasteiger partial charge in [0, 0.05) is 37.1 Å². The van der Waals surface area contributed by atoms with E-state index in [1.807, 2.05) is 24.0 Å². The second kappa shape index (κ2) is 6.02. The van der Waals surface area contributed by atoms with E-state index in [1.54, 1.807) is 0 Å². The molecule has 0 spiro atoms. The van der Waals surface area contributed by atoms with E-state index in [9.17, 15) is 0 Å². The van der Waals surface area contributed by atoms with E-state index in [1.165, 1.54) is 11.3 Å². The van der Waals surface area contributed by atoms with Gasteiger partial charge < -0.3 is 9.88 Å². The molecule has 19 heavy (non-hydrogen) atoms. The topological polar surface area (TPSA) is 47.7 Å². The Morgan fingerprint density at radius 2 is 2.11 bits per heavy atom. The number of imidazole rings is 1. The van der Waals surface area contributed by atoms with Crippen molar-refractivity contribution in [2.75, 3.05) is 0 Å². The van der Waals surface area contributed by atoms with E-state index in [4.69, 9.17) is 0 Å². The number of hydrogen-bond donors (Lipinski definition) is 1. The SMILES string of the molecule is CCn1cc(Cn2c(CNC(C)C)cnc2C)cn1. The molecule has 2 heterocycles. The van der Waals surface area contributed by atoms with Crippen LogP contribution in [-0.2, 0) is 19.6 Å². The normalized spacial score (nSPS) is 11.4. The van der Waals surface area contributed by atoms with Gasteiger partial charge in [0.2, 0.25) is 0 Å². The highest BCUT2D eigenvalue weighted by atomic mass is 15.3. The zero-order valence-corrected chi connectivity index (χ0v) is 12.2. The Morgan fingerprint density at radius 3 is 2.74 bits per heavy atom. The zero-order valence-electron chi connectivity index (χ0n) is 12.2. The van der Waals surface area contributed by atoms with Crippen LogP contribution in [0.5, 0.6) is 0 Å². The van der Waals surface area contributed by atoms with Gasteiger partial charge in [0.15, 0.2) is 0 Å². The molecule has 5 nitrogen and oxygen atoms in total. The van der Waals surface area contributed by atoms with Gasteiger partial charge in [-0.25, -0.2) is 4.98 Å². The van der Waals surface area contributed by atoms with Crippen molar-refractivity contribution in [2.24, 2.45) is 0 Å². The summed E-state index contributed by atoms with van der Waals surface area (Å²) in [6, 6.07) is 0.478. The van der Waals surface area contributed by atoms with Crippen LogP contribution in [0.3, 0.4) is 0 Å². The average Bonchev–Trinajstić information content (AvgIpc) is 2.96. The van der Waals surface area contributed by atoms with E-state index in [0.29, 0.717) is 6.04 Å². The van der Waals surface area contributed by atoms with Crippen LogP contribution in [0.25, 0.3) is 0 Å². The van der Waals surface area contributed by atoms with Gasteiger partial charge in [-0.2, -0.15) is 5.10 Å². The predicted molar refractivity (Wildman–Crippen MR) is 75.9 cm³/mol. The van der Waals surface area contributed by atoms with Gasteiger partial charge in [0.05, 0.1) is 18.4 Å². The van der Waals surface area contributed by atoms with Crippen LogP contribution in [0.2, 0.25) is 0 Å². The molecule has 0 bridgehead atoms. The van der Waals surface area contributed by atoms with Gasteiger partial charge in [-0.05, 0) is 13.8 Å². The fraction of sp³-hybridized carbons (Fsp3) is 0.571. The number of aromatic nitrogens is 4. The minimum atomic E-state index is 0.478. The van der Waals surface area contributed by atoms with Gasteiger partial charge >= 0.3 is 0 Å². The molecular formula is C14H23N5. The first-order valence-electron chi connectivity index (χ1n) is 6.86. The predicted octanol–water partition coefficient (Wildman–Crippen LogP) is 1.95. The summed E-state index contributed by atoms with van der Waals surface area (Å²) >= 11 is 0. The summed E-state index contributed by atoms with van der Waals surface area (Å²) in [4.78, 5) is 4.41. The maximum atomic E-state index is 4.41. The molecule has 2 aromatic rings. The monoisotopic (exact) mass is 261 g/mol. The summed E-state index contributed by atoms with van der Waals surface area (Å²) in [7, 11) is 0. The third kappa shape index (κ3) is 3.44. The summed E-state index contributed by atoms with van der Waals surface area (Å²) in [5.41, 5.74) is 2.43. The van der Waals surface area contributed by atoms with Crippen molar-refractivity contribution in [1.82, 2.24) is 24.6 Å². The van der Waals surface area contributed by atoms with Crippen LogP contribution in [0.1, 0.15) is 37.9 Å². The number of rotatable bonds is 6. The molecule has 0 saturated heterocycles. The number of nitrogens with one attached hydrogen (secondary N) is 1. The van der Waals surface area contributed by atoms with E-state index >= 15 is 0 Å². The lowest BCUT2D eigenvalue weighted by Gasteiger charge is -2.11. The first kappa shape index (κ1) is 13.8. The maximum absolute atomic E-state index is 4.41. The molecule has 1 N–H and O–H groups in total. The molecule has 0 unspecified atom stereocenters. The highest BCUT2D eigenvalue weighted by molar-refractivity contribution is 5.11. The third-order valence-electron chi connectivity index (χ3n) is 3.18. The number of aryl methyl sites for hydroxylation is 2. The first-order valence-corrected chi connectivity index (χ1v) is 6.86. The Bertz CT molecular complexity index is 524. The van der Waals surface area contributed by atoms with Crippen LogP contribution in [-0.4, -0.2) is 25.4 Å². The standard InChI is InChI=1S/C14H23N5/c1-5-18-9-13(6-17-18)10-19-12(4)16-8-14(19)7-15-11(2)3/h6,8-9,11,15H,5,7,10H2,1-4H3. The maximum Gasteiger partial charge on any atom is 0.106 e. The fourth-order valence-corrected chi connectivity index (χ4v) is 2.02. The molecule has 0 aliphatic rings. The Balaban J connectivity index is 2.12. The van der Waals surface area contributed by atoms with Gasteiger partial charge in [0.1, 0.15) is 5.82 Å². The zero-order chi connectivity index (χ0) is 13.8. The number of hydrogen-bond acceptors (Lipinski definition) is 3. The van der Waals surface area contributed by atoms with Crippen molar-refractivity contribution in [3.63, 3.8) is 0 Å². The van der Waals surface area contributed by atoms with Gasteiger partial charge in [-0.1, -0.05) is 13.8 Å². The smallest absolute Gasteiger partial charge is 0.106 e. The second-order valence-corrected chi connectivity index (χ2v) is 5.12. The lowest BCUT2D eigenvalue weighted by molar-refractivity contribution is 0.561. The molecule has 0 amide bonds. The van der Waals surface area contributed by atoms with Crippen molar-refractivity contribution in [3.8, 4) is 0 Å². The highest BCUT2D eigenvalue weighted by Gasteiger charge is 2.08. The van der Waals surface area contributed by atoms with E-state index < -0.39 is 0 Å². The van der Waals surface area contributed by atoms with Gasteiger partial charge in [-0.3, -0.25) is 4.68 Å². The summed E-state index contributed by atoms with van der Waals surface area (Å²) in [6.45, 7) is 11.0.